The van der Waals surface area contributed by atoms with Crippen molar-refractivity contribution in [3.8, 4) is 0 Å². The van der Waals surface area contributed by atoms with E-state index in [1.807, 2.05) is 66.7 Å². The first-order valence-corrected chi connectivity index (χ1v) is 10.0. The van der Waals surface area contributed by atoms with E-state index in [4.69, 9.17) is 0 Å². The standard InChI is InChI=1S/C22H21IN2O3/c23-18-9-3-5-15(11-18)13-24-22(28)20(14-26)25-21(27)12-17-8-4-7-16-6-1-2-10-19(16)17/h1-11,20,26H,12-14H2,(H,24,28)(H,25,27)/t20-/m0/s1. The zero-order valence-electron chi connectivity index (χ0n) is 15.2. The van der Waals surface area contributed by atoms with Gasteiger partial charge < -0.3 is 15.7 Å². The Morgan fingerprint density at radius 3 is 2.54 bits per heavy atom. The quantitative estimate of drug-likeness (QED) is 0.448. The lowest BCUT2D eigenvalue weighted by molar-refractivity contribution is -0.129. The Morgan fingerprint density at radius 2 is 1.75 bits per heavy atom. The molecule has 6 heteroatoms. The molecule has 0 radical (unpaired) electrons. The minimum absolute atomic E-state index is 0.141. The molecule has 0 spiro atoms. The van der Waals surface area contributed by atoms with Crippen LogP contribution in [-0.4, -0.2) is 29.6 Å². The van der Waals surface area contributed by atoms with Crippen molar-refractivity contribution in [2.75, 3.05) is 6.61 Å². The summed E-state index contributed by atoms with van der Waals surface area (Å²) in [4.78, 5) is 24.8. The number of halogens is 1. The zero-order chi connectivity index (χ0) is 19.9. The molecule has 0 fully saturated rings. The lowest BCUT2D eigenvalue weighted by Gasteiger charge is -2.17. The highest BCUT2D eigenvalue weighted by Crippen LogP contribution is 2.18. The Labute approximate surface area is 177 Å². The van der Waals surface area contributed by atoms with E-state index in [0.717, 1.165) is 25.5 Å². The number of aliphatic hydroxyl groups excluding tert-OH is 1. The Hall–Kier alpha value is -2.45. The molecule has 5 nitrogen and oxygen atoms in total. The van der Waals surface area contributed by atoms with Crippen LogP contribution < -0.4 is 10.6 Å². The molecule has 0 bridgehead atoms. The number of benzene rings is 3. The molecule has 3 aromatic carbocycles. The number of amides is 2. The van der Waals surface area contributed by atoms with E-state index in [1.165, 1.54) is 0 Å². The first-order valence-electron chi connectivity index (χ1n) is 8.96. The van der Waals surface area contributed by atoms with Crippen LogP contribution in [0.15, 0.2) is 66.7 Å². The molecule has 0 aliphatic rings. The van der Waals surface area contributed by atoms with Crippen molar-refractivity contribution in [1.29, 1.82) is 0 Å². The van der Waals surface area contributed by atoms with E-state index in [1.54, 1.807) is 0 Å². The zero-order valence-corrected chi connectivity index (χ0v) is 17.3. The molecule has 28 heavy (non-hydrogen) atoms. The Balaban J connectivity index is 1.60. The van der Waals surface area contributed by atoms with Gasteiger partial charge in [-0.1, -0.05) is 54.6 Å². The van der Waals surface area contributed by atoms with E-state index < -0.39 is 18.6 Å². The molecule has 144 valence electrons. The fourth-order valence-electron chi connectivity index (χ4n) is 3.02. The molecule has 0 saturated carbocycles. The first-order chi connectivity index (χ1) is 13.6. The van der Waals surface area contributed by atoms with Crippen molar-refractivity contribution >= 4 is 45.2 Å². The second-order valence-electron chi connectivity index (χ2n) is 6.47. The minimum atomic E-state index is -0.981. The molecule has 3 rings (SSSR count). The molecule has 3 aromatic rings. The summed E-state index contributed by atoms with van der Waals surface area (Å²) in [6.45, 7) is -0.120. The van der Waals surface area contributed by atoms with Crippen molar-refractivity contribution in [2.45, 2.75) is 19.0 Å². The summed E-state index contributed by atoms with van der Waals surface area (Å²) in [5.41, 5.74) is 1.84. The minimum Gasteiger partial charge on any atom is -0.394 e. The second-order valence-corrected chi connectivity index (χ2v) is 7.71. The van der Waals surface area contributed by atoms with Gasteiger partial charge in [-0.25, -0.2) is 0 Å². The van der Waals surface area contributed by atoms with Gasteiger partial charge in [0.05, 0.1) is 13.0 Å². The SMILES string of the molecule is O=C(Cc1cccc2ccccc12)N[C@@H](CO)C(=O)NCc1cccc(I)c1. The molecule has 3 N–H and O–H groups in total. The van der Waals surface area contributed by atoms with Gasteiger partial charge in [-0.05, 0) is 56.6 Å². The van der Waals surface area contributed by atoms with Crippen LogP contribution in [0.3, 0.4) is 0 Å². The highest BCUT2D eigenvalue weighted by Gasteiger charge is 2.20. The Kier molecular flexibility index (Phi) is 7.00. The van der Waals surface area contributed by atoms with Crippen LogP contribution in [0.4, 0.5) is 0 Å². The maximum atomic E-state index is 12.4. The first kappa shape index (κ1) is 20.3. The van der Waals surface area contributed by atoms with E-state index in [9.17, 15) is 14.7 Å². The van der Waals surface area contributed by atoms with Crippen molar-refractivity contribution in [1.82, 2.24) is 10.6 Å². The molecule has 0 aromatic heterocycles. The summed E-state index contributed by atoms with van der Waals surface area (Å²) in [5.74, 6) is -0.715. The molecule has 0 heterocycles. The summed E-state index contributed by atoms with van der Waals surface area (Å²) in [7, 11) is 0. The van der Waals surface area contributed by atoms with Crippen molar-refractivity contribution in [3.63, 3.8) is 0 Å². The number of fused-ring (bicyclic) bond motifs is 1. The molecule has 0 aliphatic carbocycles. The van der Waals surface area contributed by atoms with Crippen LogP contribution in [0, 0.1) is 3.57 Å². The highest BCUT2D eigenvalue weighted by atomic mass is 127. The predicted molar refractivity (Wildman–Crippen MR) is 118 cm³/mol. The Morgan fingerprint density at radius 1 is 1.00 bits per heavy atom. The smallest absolute Gasteiger partial charge is 0.245 e. The molecule has 0 aliphatic heterocycles. The fraction of sp³-hybridized carbons (Fsp3) is 0.182. The summed E-state index contributed by atoms with van der Waals surface area (Å²) < 4.78 is 1.08. The van der Waals surface area contributed by atoms with Crippen molar-refractivity contribution in [3.05, 3.63) is 81.4 Å². The van der Waals surface area contributed by atoms with Crippen LogP contribution >= 0.6 is 22.6 Å². The van der Waals surface area contributed by atoms with E-state index in [0.29, 0.717) is 6.54 Å². The number of hydrogen-bond acceptors (Lipinski definition) is 3. The van der Waals surface area contributed by atoms with Crippen LogP contribution in [0.1, 0.15) is 11.1 Å². The van der Waals surface area contributed by atoms with Gasteiger partial charge in [-0.3, -0.25) is 9.59 Å². The third kappa shape index (κ3) is 5.30. The Bertz CT molecular complexity index is 985. The summed E-state index contributed by atoms with van der Waals surface area (Å²) in [6, 6.07) is 20.4. The van der Waals surface area contributed by atoms with Crippen LogP contribution in [-0.2, 0) is 22.6 Å². The van der Waals surface area contributed by atoms with Crippen molar-refractivity contribution in [2.24, 2.45) is 0 Å². The third-order valence-electron chi connectivity index (χ3n) is 4.42. The molecule has 2 amide bonds. The van der Waals surface area contributed by atoms with Gasteiger partial charge in [0.15, 0.2) is 0 Å². The average molecular weight is 488 g/mol. The van der Waals surface area contributed by atoms with Crippen LogP contribution in [0.2, 0.25) is 0 Å². The number of rotatable bonds is 7. The van der Waals surface area contributed by atoms with Gasteiger partial charge in [-0.2, -0.15) is 0 Å². The lowest BCUT2D eigenvalue weighted by atomic mass is 10.0. The molecule has 0 saturated heterocycles. The van der Waals surface area contributed by atoms with Crippen LogP contribution in [0.25, 0.3) is 10.8 Å². The maximum Gasteiger partial charge on any atom is 0.245 e. The van der Waals surface area contributed by atoms with Gasteiger partial charge in [0.1, 0.15) is 6.04 Å². The van der Waals surface area contributed by atoms with Gasteiger partial charge >= 0.3 is 0 Å². The summed E-state index contributed by atoms with van der Waals surface area (Å²) in [5, 5.41) is 17.0. The van der Waals surface area contributed by atoms with Gasteiger partial charge in [0, 0.05) is 10.1 Å². The lowest BCUT2D eigenvalue weighted by Crippen LogP contribution is -2.49. The summed E-state index contributed by atoms with van der Waals surface area (Å²) in [6.07, 6.45) is 0.141. The monoisotopic (exact) mass is 488 g/mol. The molecular formula is C22H21IN2O3. The average Bonchev–Trinajstić information content (AvgIpc) is 2.70. The largest absolute Gasteiger partial charge is 0.394 e. The maximum absolute atomic E-state index is 12.4. The predicted octanol–water partition coefficient (Wildman–Crippen LogP) is 2.78. The number of aliphatic hydroxyl groups is 1. The van der Waals surface area contributed by atoms with Crippen LogP contribution in [0.5, 0.6) is 0 Å². The van der Waals surface area contributed by atoms with Gasteiger partial charge in [0.25, 0.3) is 0 Å². The molecule has 1 atom stereocenters. The van der Waals surface area contributed by atoms with Gasteiger partial charge in [-0.15, -0.1) is 0 Å². The number of nitrogens with one attached hydrogen (secondary N) is 2. The van der Waals surface area contributed by atoms with Gasteiger partial charge in [0.2, 0.25) is 11.8 Å². The third-order valence-corrected chi connectivity index (χ3v) is 5.09. The topological polar surface area (TPSA) is 78.4 Å². The number of carbonyl (C=O) groups is 2. The second kappa shape index (κ2) is 9.66. The normalized spacial score (nSPS) is 11.8. The fourth-order valence-corrected chi connectivity index (χ4v) is 3.63. The number of carbonyl (C=O) groups excluding carboxylic acids is 2. The van der Waals surface area contributed by atoms with E-state index in [-0.39, 0.29) is 12.3 Å². The molecule has 0 unspecified atom stereocenters. The summed E-state index contributed by atoms with van der Waals surface area (Å²) >= 11 is 2.21. The van der Waals surface area contributed by atoms with E-state index >= 15 is 0 Å². The molecular weight excluding hydrogens is 467 g/mol. The van der Waals surface area contributed by atoms with Crippen molar-refractivity contribution < 1.29 is 14.7 Å². The number of hydrogen-bond donors (Lipinski definition) is 3. The van der Waals surface area contributed by atoms with E-state index in [2.05, 4.69) is 33.2 Å². The highest BCUT2D eigenvalue weighted by molar-refractivity contribution is 14.1.